The molecule has 0 unspecified atom stereocenters. The Kier molecular flexibility index (Phi) is 6.29. The van der Waals surface area contributed by atoms with Crippen LogP contribution in [0.15, 0.2) is 76.6 Å². The van der Waals surface area contributed by atoms with Crippen LogP contribution in [0, 0.1) is 0 Å². The smallest absolute Gasteiger partial charge is 0.175 e. The first-order valence-electron chi connectivity index (χ1n) is 10.9. The first-order valence-corrected chi connectivity index (χ1v) is 14.0. The number of para-hydroxylation sites is 1. The van der Waals surface area contributed by atoms with Gasteiger partial charge < -0.3 is 4.90 Å². The molecule has 1 aliphatic rings. The number of aliphatic imine (C=N–C) groups is 1. The standard InChI is InChI=1S/C25H23ClN4O2S2/c1-34(31,32)20-7-4-6-18(14-20)24-10-11-25(33-24)23-15-19(16-29-13-5-12-27-17-29)28-30(23)22-9-3-2-8-21(22)26/h2-4,6-11,14-15,17H,5,12-13,16H2,1H3. The SMILES string of the molecule is CS(=O)(=O)c1cccc(-c2ccc(-c3cc(CN4C=NCCC4)nn3-c3ccccc3Cl)s2)c1. The normalized spacial score (nSPS) is 14.0. The second-order valence-electron chi connectivity index (χ2n) is 8.19. The molecule has 0 amide bonds. The number of thiophene rings is 1. The number of benzene rings is 2. The third-order valence-corrected chi connectivity index (χ3v) is 8.18. The third kappa shape index (κ3) is 4.80. The molecular formula is C25H23ClN4O2S2. The molecule has 0 saturated carbocycles. The van der Waals surface area contributed by atoms with Gasteiger partial charge in [-0.25, -0.2) is 13.1 Å². The summed E-state index contributed by atoms with van der Waals surface area (Å²) in [7, 11) is -3.28. The number of rotatable bonds is 6. The lowest BCUT2D eigenvalue weighted by atomic mass is 10.2. The largest absolute Gasteiger partial charge is 0.357 e. The summed E-state index contributed by atoms with van der Waals surface area (Å²) in [6, 6.07) is 20.9. The third-order valence-electron chi connectivity index (χ3n) is 5.59. The second-order valence-corrected chi connectivity index (χ2v) is 11.7. The van der Waals surface area contributed by atoms with Crippen molar-refractivity contribution in [3.63, 3.8) is 0 Å². The summed E-state index contributed by atoms with van der Waals surface area (Å²) in [5, 5.41) is 5.52. The van der Waals surface area contributed by atoms with E-state index in [0.29, 0.717) is 16.5 Å². The molecular weight excluding hydrogens is 488 g/mol. The van der Waals surface area contributed by atoms with E-state index in [1.807, 2.05) is 53.5 Å². The van der Waals surface area contributed by atoms with E-state index in [0.717, 1.165) is 51.9 Å². The van der Waals surface area contributed by atoms with Gasteiger partial charge in [-0.05, 0) is 54.4 Å². The van der Waals surface area contributed by atoms with E-state index in [1.54, 1.807) is 29.5 Å². The molecule has 5 rings (SSSR count). The van der Waals surface area contributed by atoms with E-state index in [1.165, 1.54) is 6.26 Å². The zero-order valence-electron chi connectivity index (χ0n) is 18.6. The average Bonchev–Trinajstić information content (AvgIpc) is 3.47. The van der Waals surface area contributed by atoms with Crippen LogP contribution >= 0.6 is 22.9 Å². The monoisotopic (exact) mass is 510 g/mol. The highest BCUT2D eigenvalue weighted by Gasteiger charge is 2.18. The fourth-order valence-corrected chi connectivity index (χ4v) is 5.81. The Morgan fingerprint density at radius 3 is 2.62 bits per heavy atom. The second kappa shape index (κ2) is 9.37. The van der Waals surface area contributed by atoms with Crippen LogP contribution in [0.25, 0.3) is 26.7 Å². The fourth-order valence-electron chi connectivity index (χ4n) is 3.92. The van der Waals surface area contributed by atoms with Crippen LogP contribution in [0.2, 0.25) is 5.02 Å². The van der Waals surface area contributed by atoms with Crippen LogP contribution in [0.4, 0.5) is 0 Å². The van der Waals surface area contributed by atoms with Gasteiger partial charge in [-0.15, -0.1) is 11.3 Å². The van der Waals surface area contributed by atoms with E-state index in [2.05, 4.69) is 16.0 Å². The Bertz CT molecular complexity index is 1470. The molecule has 1 aliphatic heterocycles. The maximum Gasteiger partial charge on any atom is 0.175 e. The van der Waals surface area contributed by atoms with E-state index in [9.17, 15) is 8.42 Å². The zero-order valence-corrected chi connectivity index (χ0v) is 20.9. The molecule has 34 heavy (non-hydrogen) atoms. The van der Waals surface area contributed by atoms with Crippen molar-refractivity contribution in [2.75, 3.05) is 19.3 Å². The number of hydrogen-bond acceptors (Lipinski definition) is 6. The van der Waals surface area contributed by atoms with Crippen molar-refractivity contribution in [2.45, 2.75) is 17.9 Å². The zero-order chi connectivity index (χ0) is 23.7. The van der Waals surface area contributed by atoms with Crippen LogP contribution in [0.1, 0.15) is 12.1 Å². The topological polar surface area (TPSA) is 67.6 Å². The summed E-state index contributed by atoms with van der Waals surface area (Å²) in [4.78, 5) is 8.86. The Labute approximate surface area is 208 Å². The molecule has 3 heterocycles. The van der Waals surface area contributed by atoms with Gasteiger partial charge in [0, 0.05) is 24.2 Å². The van der Waals surface area contributed by atoms with E-state index in [4.69, 9.17) is 16.7 Å². The van der Waals surface area contributed by atoms with E-state index in [-0.39, 0.29) is 0 Å². The number of nitrogens with zero attached hydrogens (tertiary/aromatic N) is 4. The van der Waals surface area contributed by atoms with Crippen molar-refractivity contribution >= 4 is 39.1 Å². The summed E-state index contributed by atoms with van der Waals surface area (Å²) in [6.45, 7) is 2.49. The summed E-state index contributed by atoms with van der Waals surface area (Å²) < 4.78 is 25.9. The molecule has 9 heteroatoms. The summed E-state index contributed by atoms with van der Waals surface area (Å²) in [5.41, 5.74) is 3.55. The molecule has 0 fully saturated rings. The van der Waals surface area contributed by atoms with Gasteiger partial charge >= 0.3 is 0 Å². The molecule has 2 aromatic carbocycles. The van der Waals surface area contributed by atoms with Crippen LogP contribution < -0.4 is 0 Å². The molecule has 0 aliphatic carbocycles. The minimum Gasteiger partial charge on any atom is -0.357 e. The van der Waals surface area contributed by atoms with Crippen molar-refractivity contribution in [1.82, 2.24) is 14.7 Å². The summed E-state index contributed by atoms with van der Waals surface area (Å²) >= 11 is 8.13. The Morgan fingerprint density at radius 1 is 1.03 bits per heavy atom. The highest BCUT2D eigenvalue weighted by Crippen LogP contribution is 2.37. The first kappa shape index (κ1) is 22.8. The molecule has 2 aromatic heterocycles. The van der Waals surface area contributed by atoms with Crippen molar-refractivity contribution in [1.29, 1.82) is 0 Å². The fraction of sp³-hybridized carbons (Fsp3) is 0.200. The first-order chi connectivity index (χ1) is 16.4. The lowest BCUT2D eigenvalue weighted by molar-refractivity contribution is 0.395. The molecule has 174 valence electrons. The van der Waals surface area contributed by atoms with Gasteiger partial charge in [0.15, 0.2) is 9.84 Å². The minimum absolute atomic E-state index is 0.312. The maximum absolute atomic E-state index is 12.0. The van der Waals surface area contributed by atoms with Crippen molar-refractivity contribution < 1.29 is 8.42 Å². The Balaban J connectivity index is 1.55. The number of aromatic nitrogens is 2. The highest BCUT2D eigenvalue weighted by atomic mass is 35.5. The van der Waals surface area contributed by atoms with E-state index < -0.39 is 9.84 Å². The van der Waals surface area contributed by atoms with Gasteiger partial charge in [0.2, 0.25) is 0 Å². The summed E-state index contributed by atoms with van der Waals surface area (Å²) in [5.74, 6) is 0. The molecule has 0 radical (unpaired) electrons. The van der Waals surface area contributed by atoms with Gasteiger partial charge in [-0.3, -0.25) is 4.99 Å². The molecule has 0 N–H and O–H groups in total. The Morgan fingerprint density at radius 2 is 1.85 bits per heavy atom. The molecule has 0 spiro atoms. The van der Waals surface area contributed by atoms with Crippen LogP contribution in [0.3, 0.4) is 0 Å². The summed E-state index contributed by atoms with van der Waals surface area (Å²) in [6.07, 6.45) is 4.16. The van der Waals surface area contributed by atoms with Gasteiger partial charge in [0.25, 0.3) is 0 Å². The number of sulfone groups is 1. The lowest BCUT2D eigenvalue weighted by Gasteiger charge is -2.21. The average molecular weight is 511 g/mol. The lowest BCUT2D eigenvalue weighted by Crippen LogP contribution is -2.26. The predicted octanol–water partition coefficient (Wildman–Crippen LogP) is 5.56. The van der Waals surface area contributed by atoms with Crippen molar-refractivity contribution in [2.24, 2.45) is 4.99 Å². The van der Waals surface area contributed by atoms with Gasteiger partial charge in [0.1, 0.15) is 0 Å². The van der Waals surface area contributed by atoms with Crippen molar-refractivity contribution in [3.8, 4) is 26.7 Å². The van der Waals surface area contributed by atoms with Gasteiger partial charge in [-0.2, -0.15) is 5.10 Å². The quantitative estimate of drug-likeness (QED) is 0.340. The van der Waals surface area contributed by atoms with Crippen molar-refractivity contribution in [3.05, 3.63) is 77.4 Å². The van der Waals surface area contributed by atoms with Gasteiger partial charge in [-0.1, -0.05) is 35.9 Å². The molecule has 0 bridgehead atoms. The van der Waals surface area contributed by atoms with Crippen LogP contribution in [0.5, 0.6) is 0 Å². The molecule has 4 aromatic rings. The minimum atomic E-state index is -3.28. The van der Waals surface area contributed by atoms with E-state index >= 15 is 0 Å². The number of hydrogen-bond donors (Lipinski definition) is 0. The van der Waals surface area contributed by atoms with Crippen LogP contribution in [-0.4, -0.2) is 48.8 Å². The number of halogens is 1. The molecule has 0 atom stereocenters. The van der Waals surface area contributed by atoms with Gasteiger partial charge in [0.05, 0.1) is 44.8 Å². The molecule has 0 saturated heterocycles. The molecule has 6 nitrogen and oxygen atoms in total. The maximum atomic E-state index is 12.0. The predicted molar refractivity (Wildman–Crippen MR) is 139 cm³/mol. The Hall–Kier alpha value is -2.94. The van der Waals surface area contributed by atoms with Crippen LogP contribution in [-0.2, 0) is 16.4 Å². The highest BCUT2D eigenvalue weighted by molar-refractivity contribution is 7.90.